The van der Waals surface area contributed by atoms with Crippen molar-refractivity contribution in [3.63, 3.8) is 0 Å². The molecule has 0 amide bonds. The van der Waals surface area contributed by atoms with Crippen LogP contribution in [0.25, 0.3) is 0 Å². The minimum absolute atomic E-state index is 0.140. The molecule has 0 aliphatic rings. The summed E-state index contributed by atoms with van der Waals surface area (Å²) in [7, 11) is 0. The molecule has 0 aliphatic heterocycles. The van der Waals surface area contributed by atoms with Crippen molar-refractivity contribution in [2.75, 3.05) is 0 Å². The first-order chi connectivity index (χ1) is 6.04. The smallest absolute Gasteiger partial charge is 0.307 e. The molecule has 0 rings (SSSR count). The summed E-state index contributed by atoms with van der Waals surface area (Å²) in [6, 6.07) is 0. The Bertz CT molecular complexity index is 171. The molecule has 0 aromatic rings. The molecule has 75 valence electrons. The number of carboxylic acids is 1. The van der Waals surface area contributed by atoms with E-state index in [1.54, 1.807) is 6.08 Å². The molecule has 0 saturated carbocycles. The topological polar surface area (TPSA) is 37.3 Å². The van der Waals surface area contributed by atoms with Gasteiger partial charge in [-0.05, 0) is 24.7 Å². The van der Waals surface area contributed by atoms with Gasteiger partial charge in [0.25, 0.3) is 0 Å². The second kappa shape index (κ2) is 6.70. The van der Waals surface area contributed by atoms with Crippen LogP contribution in [0, 0.1) is 11.8 Å². The summed E-state index contributed by atoms with van der Waals surface area (Å²) in [6.07, 6.45) is 5.82. The van der Waals surface area contributed by atoms with Gasteiger partial charge in [0.15, 0.2) is 0 Å². The lowest BCUT2D eigenvalue weighted by Crippen LogP contribution is -1.99. The summed E-state index contributed by atoms with van der Waals surface area (Å²) < 4.78 is 0. The first-order valence-electron chi connectivity index (χ1n) is 4.73. The molecule has 2 nitrogen and oxygen atoms in total. The third-order valence-corrected chi connectivity index (χ3v) is 2.15. The predicted molar refractivity (Wildman–Crippen MR) is 54.4 cm³/mol. The summed E-state index contributed by atoms with van der Waals surface area (Å²) in [4.78, 5) is 10.1. The van der Waals surface area contributed by atoms with Gasteiger partial charge in [-0.2, -0.15) is 0 Å². The van der Waals surface area contributed by atoms with Crippen molar-refractivity contribution in [1.82, 2.24) is 0 Å². The van der Waals surface area contributed by atoms with Gasteiger partial charge in [-0.25, -0.2) is 0 Å². The van der Waals surface area contributed by atoms with Crippen LogP contribution in [0.15, 0.2) is 12.2 Å². The highest BCUT2D eigenvalue weighted by atomic mass is 16.4. The zero-order valence-electron chi connectivity index (χ0n) is 8.71. The highest BCUT2D eigenvalue weighted by Gasteiger charge is 2.05. The normalized spacial score (nSPS) is 11.8. The highest BCUT2D eigenvalue weighted by Crippen LogP contribution is 2.18. The third kappa shape index (κ3) is 7.57. The summed E-state index contributed by atoms with van der Waals surface area (Å²) >= 11 is 0. The van der Waals surface area contributed by atoms with Crippen molar-refractivity contribution in [2.45, 2.75) is 40.0 Å². The fraction of sp³-hybridized carbons (Fsp3) is 0.636. The van der Waals surface area contributed by atoms with Gasteiger partial charge < -0.3 is 5.11 Å². The third-order valence-electron chi connectivity index (χ3n) is 2.15. The van der Waals surface area contributed by atoms with Crippen LogP contribution in [0.3, 0.4) is 0 Å². The molecule has 0 bridgehead atoms. The van der Waals surface area contributed by atoms with Crippen LogP contribution < -0.4 is 0 Å². The van der Waals surface area contributed by atoms with Crippen molar-refractivity contribution in [1.29, 1.82) is 0 Å². The van der Waals surface area contributed by atoms with Crippen molar-refractivity contribution in [3.05, 3.63) is 18.1 Å². The molecule has 0 fully saturated rings. The molecule has 0 saturated heterocycles. The second-order valence-corrected chi connectivity index (χ2v) is 3.61. The van der Waals surface area contributed by atoms with Crippen LogP contribution in [0.1, 0.15) is 40.0 Å². The van der Waals surface area contributed by atoms with Crippen LogP contribution in [0.4, 0.5) is 0 Å². The number of rotatable bonds is 6. The maximum atomic E-state index is 10.1. The largest absolute Gasteiger partial charge is 0.481 e. The zero-order chi connectivity index (χ0) is 10.3. The molecule has 2 heteroatoms. The average Bonchev–Trinajstić information content (AvgIpc) is 2.02. The number of carboxylic acid groups (broad SMARTS) is 1. The van der Waals surface area contributed by atoms with Gasteiger partial charge in [0.1, 0.15) is 0 Å². The van der Waals surface area contributed by atoms with Gasteiger partial charge in [-0.3, -0.25) is 4.79 Å². The maximum absolute atomic E-state index is 10.1. The minimum atomic E-state index is -0.763. The van der Waals surface area contributed by atoms with E-state index in [0.29, 0.717) is 5.92 Å². The van der Waals surface area contributed by atoms with E-state index in [-0.39, 0.29) is 6.42 Å². The van der Waals surface area contributed by atoms with E-state index < -0.39 is 5.97 Å². The number of carbonyl (C=O) groups is 1. The van der Waals surface area contributed by atoms with Crippen LogP contribution in [-0.2, 0) is 4.79 Å². The molecule has 0 spiro atoms. The average molecular weight is 183 g/mol. The van der Waals surface area contributed by atoms with E-state index in [4.69, 9.17) is 5.11 Å². The van der Waals surface area contributed by atoms with E-state index in [0.717, 1.165) is 12.8 Å². The van der Waals surface area contributed by atoms with E-state index in [1.807, 2.05) is 6.08 Å². The van der Waals surface area contributed by atoms with E-state index in [2.05, 4.69) is 20.8 Å². The van der Waals surface area contributed by atoms with Gasteiger partial charge in [-0.15, -0.1) is 0 Å². The van der Waals surface area contributed by atoms with Crippen LogP contribution in [0.5, 0.6) is 0 Å². The Balaban J connectivity index is 3.44. The molecule has 0 heterocycles. The molecule has 0 aliphatic carbocycles. The van der Waals surface area contributed by atoms with E-state index in [9.17, 15) is 4.79 Å². The lowest BCUT2D eigenvalue weighted by molar-refractivity contribution is -0.136. The summed E-state index contributed by atoms with van der Waals surface area (Å²) in [6.45, 7) is 6.50. The molecule has 13 heavy (non-hydrogen) atoms. The Kier molecular flexibility index (Phi) is 6.29. The SMILES string of the molecule is C[C](CCC=CCC(=O)O)C(C)C. The van der Waals surface area contributed by atoms with Crippen molar-refractivity contribution < 1.29 is 9.90 Å². The maximum Gasteiger partial charge on any atom is 0.307 e. The Morgan fingerprint density at radius 2 is 2.00 bits per heavy atom. The van der Waals surface area contributed by atoms with Crippen LogP contribution >= 0.6 is 0 Å². The molecule has 0 unspecified atom stereocenters. The quantitative estimate of drug-likeness (QED) is 0.642. The molecule has 0 aromatic heterocycles. The van der Waals surface area contributed by atoms with Crippen LogP contribution in [0.2, 0.25) is 0 Å². The van der Waals surface area contributed by atoms with Crippen molar-refractivity contribution >= 4 is 5.97 Å². The summed E-state index contributed by atoms with van der Waals surface area (Å²) in [5.41, 5.74) is 0. The molecule has 1 N–H and O–H groups in total. The van der Waals surface area contributed by atoms with Crippen LogP contribution in [-0.4, -0.2) is 11.1 Å². The molecule has 0 aromatic carbocycles. The van der Waals surface area contributed by atoms with Crippen molar-refractivity contribution in [3.8, 4) is 0 Å². The van der Waals surface area contributed by atoms with E-state index in [1.165, 1.54) is 5.92 Å². The van der Waals surface area contributed by atoms with E-state index >= 15 is 0 Å². The fourth-order valence-corrected chi connectivity index (χ4v) is 0.902. The lowest BCUT2D eigenvalue weighted by Gasteiger charge is -2.12. The molecular formula is C11H19O2. The number of allylic oxidation sites excluding steroid dienone is 1. The van der Waals surface area contributed by atoms with Gasteiger partial charge in [0, 0.05) is 0 Å². The second-order valence-electron chi connectivity index (χ2n) is 3.61. The Morgan fingerprint density at radius 1 is 1.38 bits per heavy atom. The molecule has 0 atom stereocenters. The molecule has 1 radical (unpaired) electrons. The predicted octanol–water partition coefficient (Wildman–Crippen LogP) is 3.05. The standard InChI is InChI=1S/C11H19O2/c1-9(2)10(3)7-5-4-6-8-11(12)13/h4,6,9H,5,7-8H2,1-3H3,(H,12,13). The van der Waals surface area contributed by atoms with Gasteiger partial charge >= 0.3 is 5.97 Å². The van der Waals surface area contributed by atoms with Gasteiger partial charge in [0.05, 0.1) is 6.42 Å². The zero-order valence-corrected chi connectivity index (χ0v) is 8.71. The van der Waals surface area contributed by atoms with Crippen molar-refractivity contribution in [2.24, 2.45) is 5.92 Å². The first kappa shape index (κ1) is 12.2. The minimum Gasteiger partial charge on any atom is -0.481 e. The fourth-order valence-electron chi connectivity index (χ4n) is 0.902. The Morgan fingerprint density at radius 3 is 2.46 bits per heavy atom. The summed E-state index contributed by atoms with van der Waals surface area (Å²) in [5, 5.41) is 8.35. The number of hydrogen-bond donors (Lipinski definition) is 1. The highest BCUT2D eigenvalue weighted by molar-refractivity contribution is 5.68. The molecular weight excluding hydrogens is 164 g/mol. The lowest BCUT2D eigenvalue weighted by atomic mass is 9.93. The number of aliphatic carboxylic acids is 1. The van der Waals surface area contributed by atoms with Gasteiger partial charge in [-0.1, -0.05) is 32.9 Å². The number of hydrogen-bond acceptors (Lipinski definition) is 1. The summed E-state index contributed by atoms with van der Waals surface area (Å²) in [5.74, 6) is 1.34. The first-order valence-corrected chi connectivity index (χ1v) is 4.73. The monoisotopic (exact) mass is 183 g/mol. The Labute approximate surface area is 80.7 Å². The Hall–Kier alpha value is -0.790. The van der Waals surface area contributed by atoms with Gasteiger partial charge in [0.2, 0.25) is 0 Å².